The highest BCUT2D eigenvalue weighted by Gasteiger charge is 2.38. The fourth-order valence-electron chi connectivity index (χ4n) is 5.51. The van der Waals surface area contributed by atoms with E-state index in [-0.39, 0.29) is 41.2 Å². The summed E-state index contributed by atoms with van der Waals surface area (Å²) in [5, 5.41) is 44.7. The van der Waals surface area contributed by atoms with Crippen molar-refractivity contribution in [3.8, 4) is 5.75 Å². The monoisotopic (exact) mass is 705 g/mol. The van der Waals surface area contributed by atoms with Gasteiger partial charge in [0.2, 0.25) is 17.5 Å². The first-order chi connectivity index (χ1) is 23.5. The number of carbonyl (C=O) groups excluding carboxylic acids is 5. The first-order valence-corrected chi connectivity index (χ1v) is 16.7. The number of aromatic hydroxyl groups is 1. The van der Waals surface area contributed by atoms with Gasteiger partial charge in [-0.25, -0.2) is 0 Å². The van der Waals surface area contributed by atoms with Gasteiger partial charge in [0.15, 0.2) is 11.6 Å². The Morgan fingerprint density at radius 1 is 0.760 bits per heavy atom. The second kappa shape index (κ2) is 17.4. The Balaban J connectivity index is 2.05. The van der Waals surface area contributed by atoms with Crippen molar-refractivity contribution in [2.75, 3.05) is 0 Å². The molecule has 0 aromatic heterocycles. The average molecular weight is 706 g/mol. The number of benzene rings is 1. The van der Waals surface area contributed by atoms with Gasteiger partial charge >= 0.3 is 0 Å². The molecule has 1 aromatic carbocycles. The van der Waals surface area contributed by atoms with Gasteiger partial charge in [0.1, 0.15) is 16.5 Å². The maximum atomic E-state index is 13.8. The number of ketones is 4. The van der Waals surface area contributed by atoms with Crippen LogP contribution in [-0.4, -0.2) is 67.8 Å². The van der Waals surface area contributed by atoms with E-state index < -0.39 is 81.0 Å². The molecular weight excluding hydrogens is 662 g/mol. The number of aliphatic hydroxyl groups is 3. The van der Waals surface area contributed by atoms with E-state index in [0.29, 0.717) is 5.57 Å². The molecule has 5 N–H and O–H groups in total. The summed E-state index contributed by atoms with van der Waals surface area (Å²) in [4.78, 5) is 66.2. The predicted molar refractivity (Wildman–Crippen MR) is 191 cm³/mol. The number of hydrogen-bond acceptors (Lipinski definition) is 9. The second-order valence-electron chi connectivity index (χ2n) is 12.8. The van der Waals surface area contributed by atoms with E-state index in [2.05, 4.69) is 5.32 Å². The third kappa shape index (κ3) is 9.60. The van der Waals surface area contributed by atoms with Gasteiger partial charge in [-0.15, -0.1) is 0 Å². The van der Waals surface area contributed by atoms with Gasteiger partial charge in [0.05, 0.1) is 23.9 Å². The molecule has 4 bridgehead atoms. The number of carbonyl (C=O) groups is 5. The lowest BCUT2D eigenvalue weighted by atomic mass is 9.83. The van der Waals surface area contributed by atoms with Crippen molar-refractivity contribution >= 4 is 40.6 Å². The molecule has 10 nitrogen and oxygen atoms in total. The molecule has 2 heterocycles. The zero-order valence-corrected chi connectivity index (χ0v) is 29.7. The Morgan fingerprint density at radius 2 is 1.42 bits per heavy atom. The van der Waals surface area contributed by atoms with Crippen LogP contribution in [0.2, 0.25) is 0 Å². The number of phenolic OH excluding ortho intramolecular Hbond substituents is 1. The molecule has 50 heavy (non-hydrogen) atoms. The molecule has 2 aliphatic heterocycles. The molecule has 1 aromatic rings. The van der Waals surface area contributed by atoms with Crippen LogP contribution in [0.15, 0.2) is 88.7 Å². The van der Waals surface area contributed by atoms with Crippen LogP contribution in [0.1, 0.15) is 84.1 Å². The Kier molecular flexibility index (Phi) is 13.9. The smallest absolute Gasteiger partial charge is 0.248 e. The normalized spacial score (nSPS) is 31.4. The average Bonchev–Trinajstić information content (AvgIpc) is 3.07. The topological polar surface area (TPSA) is 178 Å². The number of aliphatic hydroxyl groups excluding tert-OH is 3. The number of phenols is 1. The minimum absolute atomic E-state index is 0.0807. The molecule has 3 aliphatic rings. The third-order valence-electron chi connectivity index (χ3n) is 8.77. The molecule has 0 radical (unpaired) electrons. The quantitative estimate of drug-likeness (QED) is 0.224. The molecule has 0 saturated carbocycles. The van der Waals surface area contributed by atoms with E-state index in [1.165, 1.54) is 44.2 Å². The zero-order chi connectivity index (χ0) is 37.4. The van der Waals surface area contributed by atoms with Crippen molar-refractivity contribution in [1.82, 2.24) is 5.32 Å². The summed E-state index contributed by atoms with van der Waals surface area (Å²) >= 11 is 6.31. The number of nitrogens with one attached hydrogen (secondary N) is 1. The van der Waals surface area contributed by atoms with Crippen molar-refractivity contribution in [3.63, 3.8) is 0 Å². The molecule has 4 rings (SSSR count). The Morgan fingerprint density at radius 3 is 2.10 bits per heavy atom. The van der Waals surface area contributed by atoms with E-state index in [4.69, 9.17) is 11.6 Å². The lowest BCUT2D eigenvalue weighted by Crippen LogP contribution is -2.33. The predicted octanol–water partition coefficient (Wildman–Crippen LogP) is 5.30. The molecule has 0 saturated heterocycles. The van der Waals surface area contributed by atoms with E-state index in [1.807, 2.05) is 0 Å². The number of Topliss-reactive ketones (excluding diaryl/α,β-unsaturated/α-hetero) is 4. The lowest BCUT2D eigenvalue weighted by molar-refractivity contribution is -0.118. The number of aryl methyl sites for hydroxylation is 1. The second-order valence-corrected chi connectivity index (χ2v) is 13.2. The van der Waals surface area contributed by atoms with Gasteiger partial charge in [0.25, 0.3) is 0 Å². The van der Waals surface area contributed by atoms with Gasteiger partial charge < -0.3 is 25.7 Å². The molecule has 0 fully saturated rings. The van der Waals surface area contributed by atoms with Gasteiger partial charge in [-0.2, -0.15) is 0 Å². The van der Waals surface area contributed by atoms with Crippen molar-refractivity contribution in [2.45, 2.75) is 72.7 Å². The van der Waals surface area contributed by atoms with Gasteiger partial charge in [-0.05, 0) is 50.0 Å². The number of fused-ring (bicyclic) bond motifs is 18. The molecule has 1 aliphatic carbocycles. The Hall–Kier alpha value is -4.48. The molecule has 11 heteroatoms. The van der Waals surface area contributed by atoms with Gasteiger partial charge in [-0.1, -0.05) is 87.1 Å². The summed E-state index contributed by atoms with van der Waals surface area (Å²) in [6.45, 7) is 9.66. The minimum atomic E-state index is -1.01. The molecular formula is C39H44ClNO9. The number of allylic oxidation sites excluding steroid dienone is 8. The Labute approximate surface area is 296 Å². The lowest BCUT2D eigenvalue weighted by Gasteiger charge is -2.23. The van der Waals surface area contributed by atoms with Gasteiger partial charge in [-0.3, -0.25) is 24.0 Å². The summed E-state index contributed by atoms with van der Waals surface area (Å²) in [5.41, 5.74) is -0.886. The van der Waals surface area contributed by atoms with Crippen LogP contribution in [-0.2, 0) is 9.59 Å². The van der Waals surface area contributed by atoms with Crippen molar-refractivity contribution in [1.29, 1.82) is 0 Å². The van der Waals surface area contributed by atoms with Crippen LogP contribution < -0.4 is 5.32 Å². The highest BCUT2D eigenvalue weighted by molar-refractivity contribution is 6.51. The van der Waals surface area contributed by atoms with Crippen LogP contribution in [0.3, 0.4) is 0 Å². The standard InChI is InChI=1S/C39H44ClNO9/c1-20-11-9-7-8-10-12-30(45)41-34-33(40)39(50)31-27(38(34)49)18-25(6)37(48)32(31)36(47)24(5)17-23(4)35(46)22(3)14-16-26(42)15-13-21(2)29(44)19-28(20)43/h7-14,16-18,20,22-23,26,28,35,42-43,46,48H,15,19H2,1-6H3,(H,41,45)/b8-7-,11-9-,12-10-,16-14-,21-13-,24-17-/t20-,22-,23-,26-,28-,35-/m0/s1. The van der Waals surface area contributed by atoms with Crippen LogP contribution in [0.5, 0.6) is 5.75 Å². The van der Waals surface area contributed by atoms with E-state index in [0.717, 1.165) is 6.08 Å². The van der Waals surface area contributed by atoms with E-state index >= 15 is 0 Å². The van der Waals surface area contributed by atoms with E-state index in [9.17, 15) is 44.4 Å². The van der Waals surface area contributed by atoms with Crippen LogP contribution in [0.4, 0.5) is 0 Å². The summed E-state index contributed by atoms with van der Waals surface area (Å²) in [6.07, 6.45) is 12.2. The number of halogens is 1. The highest BCUT2D eigenvalue weighted by Crippen LogP contribution is 2.37. The molecule has 6 atom stereocenters. The summed E-state index contributed by atoms with van der Waals surface area (Å²) in [6, 6.07) is 1.25. The number of rotatable bonds is 0. The highest BCUT2D eigenvalue weighted by atomic mass is 35.5. The Bertz CT molecular complexity index is 1770. The van der Waals surface area contributed by atoms with Crippen molar-refractivity contribution in [3.05, 3.63) is 111 Å². The zero-order valence-electron chi connectivity index (χ0n) is 28.9. The minimum Gasteiger partial charge on any atom is -0.507 e. The number of amides is 1. The summed E-state index contributed by atoms with van der Waals surface area (Å²) in [5.74, 6) is -5.52. The molecule has 266 valence electrons. The molecule has 0 spiro atoms. The maximum absolute atomic E-state index is 13.8. The fourth-order valence-corrected chi connectivity index (χ4v) is 5.73. The maximum Gasteiger partial charge on any atom is 0.248 e. The van der Waals surface area contributed by atoms with Crippen molar-refractivity contribution < 1.29 is 44.4 Å². The first kappa shape index (κ1) is 40.0. The number of hydrogen-bond donors (Lipinski definition) is 5. The van der Waals surface area contributed by atoms with Crippen LogP contribution in [0.25, 0.3) is 0 Å². The molecule has 1 amide bonds. The summed E-state index contributed by atoms with van der Waals surface area (Å²) in [7, 11) is 0. The van der Waals surface area contributed by atoms with Crippen LogP contribution in [0, 0.1) is 24.7 Å². The first-order valence-electron chi connectivity index (χ1n) is 16.3. The largest absolute Gasteiger partial charge is 0.507 e. The van der Waals surface area contributed by atoms with Crippen LogP contribution >= 0.6 is 11.6 Å². The fraction of sp³-hybridized carbons (Fsp3) is 0.359. The van der Waals surface area contributed by atoms with Crippen molar-refractivity contribution in [2.24, 2.45) is 17.8 Å². The van der Waals surface area contributed by atoms with E-state index in [1.54, 1.807) is 58.1 Å². The summed E-state index contributed by atoms with van der Waals surface area (Å²) < 4.78 is 0. The molecule has 0 unspecified atom stereocenters. The SMILES string of the molecule is C/C1=C/C[C@H](O)/C=C\[C@H](C)[C@H](O)[C@@H](C)/C=C(/C)C(=O)c2c(O)c(C)cc3c2C(=O)C(Cl)=C(NC(=O)\C=C/C=C\C=C/[C@H](C)[C@@H](O)CC1=O)C3=O. The van der Waals surface area contributed by atoms with Gasteiger partial charge in [0, 0.05) is 41.4 Å². The third-order valence-corrected chi connectivity index (χ3v) is 9.13.